The van der Waals surface area contributed by atoms with Crippen molar-refractivity contribution in [3.63, 3.8) is 0 Å². The first-order valence-corrected chi connectivity index (χ1v) is 7.74. The van der Waals surface area contributed by atoms with E-state index in [-0.39, 0.29) is 10.9 Å². The summed E-state index contributed by atoms with van der Waals surface area (Å²) in [6.45, 7) is 1.30. The van der Waals surface area contributed by atoms with Crippen LogP contribution < -0.4 is 5.32 Å². The molecule has 1 aromatic rings. The van der Waals surface area contributed by atoms with E-state index in [1.54, 1.807) is 0 Å². The van der Waals surface area contributed by atoms with Gasteiger partial charge in [0.05, 0.1) is 6.20 Å². The number of nitrogens with zero attached hydrogens (tertiary/aromatic N) is 2. The van der Waals surface area contributed by atoms with Gasteiger partial charge in [0.15, 0.2) is 0 Å². The zero-order chi connectivity index (χ0) is 13.9. The highest BCUT2D eigenvalue weighted by molar-refractivity contribution is 7.89. The van der Waals surface area contributed by atoms with Crippen LogP contribution in [-0.2, 0) is 10.0 Å². The second-order valence-electron chi connectivity index (χ2n) is 4.77. The van der Waals surface area contributed by atoms with Crippen LogP contribution in [0, 0.1) is 5.82 Å². The Morgan fingerprint density at radius 1 is 1.47 bits per heavy atom. The Kier molecular flexibility index (Phi) is 4.49. The highest BCUT2D eigenvalue weighted by Gasteiger charge is 2.25. The van der Waals surface area contributed by atoms with Crippen molar-refractivity contribution in [1.82, 2.24) is 14.6 Å². The van der Waals surface area contributed by atoms with E-state index in [2.05, 4.69) is 10.3 Å². The van der Waals surface area contributed by atoms with Crippen molar-refractivity contribution in [2.45, 2.75) is 30.2 Å². The van der Waals surface area contributed by atoms with Gasteiger partial charge in [-0.05, 0) is 25.5 Å². The van der Waals surface area contributed by atoms with Crippen LogP contribution in [0.25, 0.3) is 0 Å². The van der Waals surface area contributed by atoms with Crippen molar-refractivity contribution < 1.29 is 12.8 Å². The van der Waals surface area contributed by atoms with Gasteiger partial charge in [0, 0.05) is 25.8 Å². The van der Waals surface area contributed by atoms with Gasteiger partial charge in [-0.2, -0.15) is 4.31 Å². The van der Waals surface area contributed by atoms with Crippen molar-refractivity contribution in [3.05, 3.63) is 24.3 Å². The van der Waals surface area contributed by atoms with Crippen LogP contribution in [-0.4, -0.2) is 43.9 Å². The number of likely N-dealkylation sites (N-methyl/N-ethyl adjacent to an activating group) is 1. The SMILES string of the molecule is CN(CC1CCCCN1)S(=O)(=O)c1cncc(F)c1. The number of sulfonamides is 1. The summed E-state index contributed by atoms with van der Waals surface area (Å²) in [5.74, 6) is -0.648. The monoisotopic (exact) mass is 287 g/mol. The number of piperidine rings is 1. The third kappa shape index (κ3) is 3.49. The topological polar surface area (TPSA) is 62.3 Å². The minimum atomic E-state index is -3.67. The molecule has 106 valence electrons. The molecule has 5 nitrogen and oxygen atoms in total. The fraction of sp³-hybridized carbons (Fsp3) is 0.583. The number of nitrogens with one attached hydrogen (secondary N) is 1. The molecule has 2 heterocycles. The molecule has 2 rings (SSSR count). The number of rotatable bonds is 4. The molecule has 1 unspecified atom stereocenters. The third-order valence-corrected chi connectivity index (χ3v) is 5.07. The van der Waals surface area contributed by atoms with Crippen molar-refractivity contribution in [1.29, 1.82) is 0 Å². The van der Waals surface area contributed by atoms with Gasteiger partial charge in [0.2, 0.25) is 10.0 Å². The Balaban J connectivity index is 2.10. The molecule has 0 saturated carbocycles. The molecule has 1 aromatic heterocycles. The molecular formula is C12H18FN3O2S. The van der Waals surface area contributed by atoms with E-state index < -0.39 is 15.8 Å². The molecule has 1 fully saturated rings. The molecular weight excluding hydrogens is 269 g/mol. The Hall–Kier alpha value is -1.05. The Morgan fingerprint density at radius 2 is 2.26 bits per heavy atom. The standard InChI is InChI=1S/C12H18FN3O2S/c1-16(9-11-4-2-3-5-15-11)19(17,18)12-6-10(13)7-14-8-12/h6-8,11,15H,2-5,9H2,1H3. The molecule has 1 aliphatic rings. The summed E-state index contributed by atoms with van der Waals surface area (Å²) in [4.78, 5) is 3.48. The lowest BCUT2D eigenvalue weighted by Crippen LogP contribution is -2.44. The molecule has 1 aliphatic heterocycles. The predicted octanol–water partition coefficient (Wildman–Crippen LogP) is 0.983. The van der Waals surface area contributed by atoms with E-state index in [4.69, 9.17) is 0 Å². The predicted molar refractivity (Wildman–Crippen MR) is 69.7 cm³/mol. The van der Waals surface area contributed by atoms with Gasteiger partial charge in [0.1, 0.15) is 10.7 Å². The fourth-order valence-electron chi connectivity index (χ4n) is 2.20. The van der Waals surface area contributed by atoms with Gasteiger partial charge in [-0.15, -0.1) is 0 Å². The summed E-state index contributed by atoms with van der Waals surface area (Å²) in [5.41, 5.74) is 0. The van der Waals surface area contributed by atoms with Crippen molar-refractivity contribution in [2.75, 3.05) is 20.1 Å². The molecule has 0 bridgehead atoms. The first-order chi connectivity index (χ1) is 9.00. The van der Waals surface area contributed by atoms with Gasteiger partial charge >= 0.3 is 0 Å². The first-order valence-electron chi connectivity index (χ1n) is 6.30. The van der Waals surface area contributed by atoms with Gasteiger partial charge in [-0.25, -0.2) is 12.8 Å². The average molecular weight is 287 g/mol. The minimum absolute atomic E-state index is 0.106. The van der Waals surface area contributed by atoms with Gasteiger partial charge in [-0.3, -0.25) is 4.98 Å². The lowest BCUT2D eigenvalue weighted by atomic mass is 10.1. The Labute approximate surface area is 112 Å². The molecule has 0 aliphatic carbocycles. The van der Waals surface area contributed by atoms with Crippen molar-refractivity contribution >= 4 is 10.0 Å². The summed E-state index contributed by atoms with van der Waals surface area (Å²) in [5, 5.41) is 3.29. The summed E-state index contributed by atoms with van der Waals surface area (Å²) in [6.07, 6.45) is 5.35. The fourth-order valence-corrected chi connectivity index (χ4v) is 3.39. The van der Waals surface area contributed by atoms with Crippen LogP contribution >= 0.6 is 0 Å². The van der Waals surface area contributed by atoms with Crippen LogP contribution in [0.2, 0.25) is 0 Å². The number of hydrogen-bond donors (Lipinski definition) is 1. The minimum Gasteiger partial charge on any atom is -0.313 e. The maximum atomic E-state index is 13.1. The normalized spacial score (nSPS) is 20.7. The van der Waals surface area contributed by atoms with E-state index in [1.807, 2.05) is 0 Å². The highest BCUT2D eigenvalue weighted by atomic mass is 32.2. The second-order valence-corrected chi connectivity index (χ2v) is 6.82. The van der Waals surface area contributed by atoms with Crippen LogP contribution in [0.5, 0.6) is 0 Å². The molecule has 7 heteroatoms. The van der Waals surface area contributed by atoms with E-state index in [0.29, 0.717) is 6.54 Å². The molecule has 0 amide bonds. The molecule has 1 atom stereocenters. The van der Waals surface area contributed by atoms with E-state index in [9.17, 15) is 12.8 Å². The molecule has 0 radical (unpaired) electrons. The van der Waals surface area contributed by atoms with Crippen LogP contribution in [0.15, 0.2) is 23.4 Å². The van der Waals surface area contributed by atoms with Gasteiger partial charge in [-0.1, -0.05) is 6.42 Å². The zero-order valence-electron chi connectivity index (χ0n) is 10.8. The summed E-state index contributed by atoms with van der Waals surface area (Å²) in [7, 11) is -2.16. The molecule has 19 heavy (non-hydrogen) atoms. The molecule has 0 aromatic carbocycles. The summed E-state index contributed by atoms with van der Waals surface area (Å²) >= 11 is 0. The summed E-state index contributed by atoms with van der Waals surface area (Å²) in [6, 6.07) is 1.16. The third-order valence-electron chi connectivity index (χ3n) is 3.28. The van der Waals surface area contributed by atoms with Crippen LogP contribution in [0.1, 0.15) is 19.3 Å². The number of hydrogen-bond acceptors (Lipinski definition) is 4. The maximum Gasteiger partial charge on any atom is 0.244 e. The van der Waals surface area contributed by atoms with E-state index in [1.165, 1.54) is 17.5 Å². The van der Waals surface area contributed by atoms with Crippen molar-refractivity contribution in [2.24, 2.45) is 0 Å². The summed E-state index contributed by atoms with van der Waals surface area (Å²) < 4.78 is 38.8. The lowest BCUT2D eigenvalue weighted by Gasteiger charge is -2.27. The van der Waals surface area contributed by atoms with Crippen molar-refractivity contribution in [3.8, 4) is 0 Å². The maximum absolute atomic E-state index is 13.1. The number of halogens is 1. The van der Waals surface area contributed by atoms with Crippen LogP contribution in [0.3, 0.4) is 0 Å². The van der Waals surface area contributed by atoms with E-state index in [0.717, 1.165) is 38.1 Å². The van der Waals surface area contributed by atoms with Crippen LogP contribution in [0.4, 0.5) is 4.39 Å². The second kappa shape index (κ2) is 5.94. The average Bonchev–Trinajstić information content (AvgIpc) is 2.40. The largest absolute Gasteiger partial charge is 0.313 e. The first kappa shape index (κ1) is 14.4. The zero-order valence-corrected chi connectivity index (χ0v) is 11.7. The highest BCUT2D eigenvalue weighted by Crippen LogP contribution is 2.16. The lowest BCUT2D eigenvalue weighted by molar-refractivity contribution is 0.337. The smallest absolute Gasteiger partial charge is 0.244 e. The number of pyridine rings is 1. The van der Waals surface area contributed by atoms with Gasteiger partial charge < -0.3 is 5.32 Å². The molecule has 0 spiro atoms. The van der Waals surface area contributed by atoms with E-state index >= 15 is 0 Å². The Morgan fingerprint density at radius 3 is 2.89 bits per heavy atom. The quantitative estimate of drug-likeness (QED) is 0.897. The molecule has 1 saturated heterocycles. The molecule has 1 N–H and O–H groups in total. The Bertz CT molecular complexity index is 530. The van der Waals surface area contributed by atoms with Gasteiger partial charge in [0.25, 0.3) is 0 Å². The number of aromatic nitrogens is 1.